The minimum absolute atomic E-state index is 0.0870. The van der Waals surface area contributed by atoms with Crippen LogP contribution in [0.3, 0.4) is 0 Å². The smallest absolute Gasteiger partial charge is 0.362 e. The number of benzene rings is 2. The molecule has 0 saturated heterocycles. The van der Waals surface area contributed by atoms with Gasteiger partial charge in [0, 0.05) is 11.9 Å². The van der Waals surface area contributed by atoms with Crippen molar-refractivity contribution in [3.8, 4) is 5.75 Å². The van der Waals surface area contributed by atoms with Gasteiger partial charge in [0.2, 0.25) is 0 Å². The molecule has 6 nitrogen and oxygen atoms in total. The van der Waals surface area contributed by atoms with Gasteiger partial charge >= 0.3 is 5.63 Å². The van der Waals surface area contributed by atoms with Crippen LogP contribution in [0, 0.1) is 6.92 Å². The Balaban J connectivity index is 1.84. The summed E-state index contributed by atoms with van der Waals surface area (Å²) in [5, 5.41) is 6.47. The van der Waals surface area contributed by atoms with Gasteiger partial charge in [0.1, 0.15) is 11.3 Å². The first-order valence-electron chi connectivity index (χ1n) is 8.38. The van der Waals surface area contributed by atoms with Crippen LogP contribution in [-0.2, 0) is 4.79 Å². The fourth-order valence-corrected chi connectivity index (χ4v) is 2.66. The zero-order valence-corrected chi connectivity index (χ0v) is 14.7. The van der Waals surface area contributed by atoms with Crippen molar-refractivity contribution in [2.45, 2.75) is 13.8 Å². The topological polar surface area (TPSA) is 80.6 Å². The van der Waals surface area contributed by atoms with Crippen molar-refractivity contribution in [3.63, 3.8) is 0 Å². The molecule has 6 heteroatoms. The number of amides is 1. The van der Waals surface area contributed by atoms with Gasteiger partial charge in [-0.25, -0.2) is 4.79 Å². The average Bonchev–Trinajstić information content (AvgIpc) is 2.64. The van der Waals surface area contributed by atoms with Crippen molar-refractivity contribution >= 4 is 28.3 Å². The number of para-hydroxylation sites is 2. The quantitative estimate of drug-likeness (QED) is 0.663. The SMILES string of the molecule is CCNc1c(NC(=O)COc2ccccc2C)c(=O)oc2ccccc12. The number of anilines is 2. The molecule has 0 spiro atoms. The van der Waals surface area contributed by atoms with E-state index in [2.05, 4.69) is 10.6 Å². The Morgan fingerprint density at radius 3 is 2.58 bits per heavy atom. The third-order valence-electron chi connectivity index (χ3n) is 3.88. The highest BCUT2D eigenvalue weighted by Gasteiger charge is 2.17. The van der Waals surface area contributed by atoms with Gasteiger partial charge in [0.05, 0.1) is 5.69 Å². The van der Waals surface area contributed by atoms with E-state index < -0.39 is 11.5 Å². The molecule has 0 saturated carbocycles. The number of carbonyl (C=O) groups is 1. The fourth-order valence-electron chi connectivity index (χ4n) is 2.66. The number of hydrogen-bond donors (Lipinski definition) is 2. The third kappa shape index (κ3) is 3.69. The molecule has 1 aromatic heterocycles. The molecule has 0 fully saturated rings. The van der Waals surface area contributed by atoms with Gasteiger partial charge in [0.15, 0.2) is 12.3 Å². The molecule has 0 atom stereocenters. The van der Waals surface area contributed by atoms with Crippen LogP contribution < -0.4 is 21.0 Å². The van der Waals surface area contributed by atoms with Crippen LogP contribution in [0.2, 0.25) is 0 Å². The lowest BCUT2D eigenvalue weighted by Crippen LogP contribution is -2.25. The van der Waals surface area contributed by atoms with Gasteiger partial charge in [0.25, 0.3) is 5.91 Å². The maximum Gasteiger partial charge on any atom is 0.362 e. The lowest BCUT2D eigenvalue weighted by atomic mass is 10.2. The van der Waals surface area contributed by atoms with Crippen molar-refractivity contribution in [2.24, 2.45) is 0 Å². The molecule has 0 bridgehead atoms. The van der Waals surface area contributed by atoms with Crippen LogP contribution in [0.25, 0.3) is 11.0 Å². The summed E-state index contributed by atoms with van der Waals surface area (Å²) in [7, 11) is 0. The summed E-state index contributed by atoms with van der Waals surface area (Å²) in [6.45, 7) is 4.20. The summed E-state index contributed by atoms with van der Waals surface area (Å²) >= 11 is 0. The molecule has 3 rings (SSSR count). The Hall–Kier alpha value is -3.28. The average molecular weight is 352 g/mol. The van der Waals surface area contributed by atoms with Crippen molar-refractivity contribution < 1.29 is 13.9 Å². The molecule has 1 amide bonds. The number of rotatable bonds is 6. The predicted octanol–water partition coefficient (Wildman–Crippen LogP) is 3.55. The Kier molecular flexibility index (Phi) is 5.22. The van der Waals surface area contributed by atoms with Crippen LogP contribution in [0.1, 0.15) is 12.5 Å². The highest BCUT2D eigenvalue weighted by atomic mass is 16.5. The van der Waals surface area contributed by atoms with E-state index in [1.807, 2.05) is 44.2 Å². The standard InChI is InChI=1S/C20H20N2O4/c1-3-21-18-14-9-5-7-11-16(14)26-20(24)19(18)22-17(23)12-25-15-10-6-4-8-13(15)2/h4-11,21H,3,12H2,1-2H3,(H,22,23). The minimum Gasteiger partial charge on any atom is -0.483 e. The molecule has 2 aromatic carbocycles. The van der Waals surface area contributed by atoms with Gasteiger partial charge in [-0.2, -0.15) is 0 Å². The van der Waals surface area contributed by atoms with E-state index in [0.29, 0.717) is 23.6 Å². The molecular weight excluding hydrogens is 332 g/mol. The van der Waals surface area contributed by atoms with E-state index in [1.165, 1.54) is 0 Å². The normalized spacial score (nSPS) is 10.5. The highest BCUT2D eigenvalue weighted by molar-refractivity contribution is 6.02. The number of ether oxygens (including phenoxy) is 1. The second kappa shape index (κ2) is 7.74. The van der Waals surface area contributed by atoms with Crippen LogP contribution in [0.15, 0.2) is 57.7 Å². The molecule has 0 aliphatic rings. The largest absolute Gasteiger partial charge is 0.483 e. The Labute approximate surface area is 150 Å². The number of nitrogens with one attached hydrogen (secondary N) is 2. The van der Waals surface area contributed by atoms with E-state index in [-0.39, 0.29) is 12.3 Å². The summed E-state index contributed by atoms with van der Waals surface area (Å²) < 4.78 is 10.8. The second-order valence-corrected chi connectivity index (χ2v) is 5.77. The van der Waals surface area contributed by atoms with Crippen LogP contribution in [-0.4, -0.2) is 19.1 Å². The van der Waals surface area contributed by atoms with Crippen molar-refractivity contribution in [2.75, 3.05) is 23.8 Å². The number of carbonyl (C=O) groups excluding carboxylic acids is 1. The molecule has 0 aliphatic heterocycles. The van der Waals surface area contributed by atoms with E-state index in [9.17, 15) is 9.59 Å². The van der Waals surface area contributed by atoms with Crippen molar-refractivity contribution in [3.05, 3.63) is 64.5 Å². The van der Waals surface area contributed by atoms with Crippen molar-refractivity contribution in [1.29, 1.82) is 0 Å². The van der Waals surface area contributed by atoms with Gasteiger partial charge in [-0.05, 0) is 37.6 Å². The molecule has 0 aliphatic carbocycles. The first-order chi connectivity index (χ1) is 12.6. The van der Waals surface area contributed by atoms with Gasteiger partial charge < -0.3 is 19.8 Å². The molecule has 1 heterocycles. The maximum absolute atomic E-state index is 12.3. The van der Waals surface area contributed by atoms with E-state index in [1.54, 1.807) is 18.2 Å². The van der Waals surface area contributed by atoms with Gasteiger partial charge in [-0.1, -0.05) is 30.3 Å². The van der Waals surface area contributed by atoms with Crippen LogP contribution in [0.4, 0.5) is 11.4 Å². The molecule has 2 N–H and O–H groups in total. The van der Waals surface area contributed by atoms with E-state index >= 15 is 0 Å². The predicted molar refractivity (Wildman–Crippen MR) is 102 cm³/mol. The molecule has 134 valence electrons. The van der Waals surface area contributed by atoms with Crippen LogP contribution >= 0.6 is 0 Å². The molecule has 26 heavy (non-hydrogen) atoms. The fraction of sp³-hybridized carbons (Fsp3) is 0.200. The first-order valence-corrected chi connectivity index (χ1v) is 8.38. The first kappa shape index (κ1) is 17.5. The summed E-state index contributed by atoms with van der Waals surface area (Å²) in [6, 6.07) is 14.6. The lowest BCUT2D eigenvalue weighted by Gasteiger charge is -2.14. The Morgan fingerprint density at radius 1 is 1.08 bits per heavy atom. The van der Waals surface area contributed by atoms with Gasteiger partial charge in [-0.3, -0.25) is 4.79 Å². The van der Waals surface area contributed by atoms with Crippen LogP contribution in [0.5, 0.6) is 5.75 Å². The summed E-state index contributed by atoms with van der Waals surface area (Å²) in [6.07, 6.45) is 0. The van der Waals surface area contributed by atoms with E-state index in [4.69, 9.17) is 9.15 Å². The lowest BCUT2D eigenvalue weighted by molar-refractivity contribution is -0.118. The monoisotopic (exact) mass is 352 g/mol. The zero-order valence-electron chi connectivity index (χ0n) is 14.7. The Morgan fingerprint density at radius 2 is 1.81 bits per heavy atom. The summed E-state index contributed by atoms with van der Waals surface area (Å²) in [4.78, 5) is 24.6. The number of aryl methyl sites for hydroxylation is 1. The third-order valence-corrected chi connectivity index (χ3v) is 3.88. The minimum atomic E-state index is -0.608. The van der Waals surface area contributed by atoms with Gasteiger partial charge in [-0.15, -0.1) is 0 Å². The van der Waals surface area contributed by atoms with E-state index in [0.717, 1.165) is 10.9 Å². The van der Waals surface area contributed by atoms with Crippen molar-refractivity contribution in [1.82, 2.24) is 0 Å². The second-order valence-electron chi connectivity index (χ2n) is 5.77. The molecular formula is C20H20N2O4. The zero-order chi connectivity index (χ0) is 18.5. The summed E-state index contributed by atoms with van der Waals surface area (Å²) in [5.41, 5.74) is 1.41. The number of fused-ring (bicyclic) bond motifs is 1. The number of hydrogen-bond acceptors (Lipinski definition) is 5. The Bertz CT molecular complexity index is 995. The molecule has 0 radical (unpaired) electrons. The maximum atomic E-state index is 12.3. The summed E-state index contributed by atoms with van der Waals surface area (Å²) in [5.74, 6) is 0.190. The molecule has 0 unspecified atom stereocenters. The molecule has 3 aromatic rings. The highest BCUT2D eigenvalue weighted by Crippen LogP contribution is 2.28.